The molecular weight excluding hydrogens is 508 g/mol. The normalized spacial score (nSPS) is 18.8. The molecule has 0 aliphatic heterocycles. The van der Waals surface area contributed by atoms with Gasteiger partial charge in [0.2, 0.25) is 5.91 Å². The molecule has 5 N–H and O–H groups in total. The minimum atomic E-state index is -0.975. The van der Waals surface area contributed by atoms with Crippen LogP contribution >= 0.6 is 0 Å². The Bertz CT molecular complexity index is 666. The first-order valence-corrected chi connectivity index (χ1v) is 16.5. The van der Waals surface area contributed by atoms with Gasteiger partial charge in [-0.05, 0) is 57.3 Å². The Morgan fingerprint density at radius 2 is 1.15 bits per heavy atom. The van der Waals surface area contributed by atoms with Crippen LogP contribution in [0.5, 0.6) is 0 Å². The van der Waals surface area contributed by atoms with Gasteiger partial charge in [-0.1, -0.05) is 96.8 Å². The zero-order chi connectivity index (χ0) is 29.4. The zero-order valence-corrected chi connectivity index (χ0v) is 25.3. The summed E-state index contributed by atoms with van der Waals surface area (Å²) < 4.78 is 0. The Morgan fingerprint density at radius 3 is 1.57 bits per heavy atom. The molecule has 2 atom stereocenters. The van der Waals surface area contributed by atoms with Crippen molar-refractivity contribution in [3.8, 4) is 0 Å². The second kappa shape index (κ2) is 24.0. The summed E-state index contributed by atoms with van der Waals surface area (Å²) in [7, 11) is 0. The quantitative estimate of drug-likeness (QED) is 0.0572. The first kappa shape index (κ1) is 36.4. The molecule has 40 heavy (non-hydrogen) atoms. The van der Waals surface area contributed by atoms with Gasteiger partial charge in [0.1, 0.15) is 12.3 Å². The summed E-state index contributed by atoms with van der Waals surface area (Å²) in [5, 5.41) is 34.0. The highest BCUT2D eigenvalue weighted by atomic mass is 16.4. The predicted octanol–water partition coefficient (Wildman–Crippen LogP) is 6.79. The third kappa shape index (κ3) is 19.4. The lowest BCUT2D eigenvalue weighted by Crippen LogP contribution is -2.44. The van der Waals surface area contributed by atoms with Crippen LogP contribution in [0.1, 0.15) is 155 Å². The maximum Gasteiger partial charge on any atom is 0.326 e. The highest BCUT2D eigenvalue weighted by molar-refractivity contribution is 5.84. The number of hydrogen-bond acceptors (Lipinski definition) is 5. The van der Waals surface area contributed by atoms with E-state index in [1.165, 1.54) is 83.5 Å². The van der Waals surface area contributed by atoms with E-state index in [0.717, 1.165) is 57.9 Å². The highest BCUT2D eigenvalue weighted by Crippen LogP contribution is 2.29. The molecule has 1 rings (SSSR count). The number of amides is 1. The Hall–Kier alpha value is -1.67. The molecule has 0 radical (unpaired) electrons. The van der Waals surface area contributed by atoms with E-state index in [1.807, 2.05) is 0 Å². The summed E-state index contributed by atoms with van der Waals surface area (Å²) in [6.07, 6.45) is 24.1. The number of carbonyl (C=O) groups excluding carboxylic acids is 1. The van der Waals surface area contributed by atoms with Crippen LogP contribution in [0.2, 0.25) is 0 Å². The van der Waals surface area contributed by atoms with Crippen LogP contribution in [-0.2, 0) is 14.4 Å². The smallest absolute Gasteiger partial charge is 0.326 e. The molecule has 1 saturated carbocycles. The van der Waals surface area contributed by atoms with Crippen molar-refractivity contribution in [2.45, 2.75) is 167 Å². The molecule has 0 aromatic rings. The first-order valence-electron chi connectivity index (χ1n) is 16.5. The predicted molar refractivity (Wildman–Crippen MR) is 160 cm³/mol. The molecule has 234 valence electrons. The summed E-state index contributed by atoms with van der Waals surface area (Å²) in [5.74, 6) is -1.42. The number of carboxylic acid groups (broad SMARTS) is 2. The van der Waals surface area contributed by atoms with Gasteiger partial charge in [-0.25, -0.2) is 4.79 Å². The lowest BCUT2D eigenvalue weighted by Gasteiger charge is -2.29. The van der Waals surface area contributed by atoms with Crippen LogP contribution in [0.15, 0.2) is 0 Å². The van der Waals surface area contributed by atoms with Gasteiger partial charge in [0.25, 0.3) is 0 Å². The van der Waals surface area contributed by atoms with Gasteiger partial charge in [-0.15, -0.1) is 0 Å². The van der Waals surface area contributed by atoms with Crippen molar-refractivity contribution >= 4 is 17.8 Å². The topological polar surface area (TPSA) is 136 Å². The van der Waals surface area contributed by atoms with Gasteiger partial charge >= 0.3 is 11.9 Å². The molecule has 0 spiro atoms. The van der Waals surface area contributed by atoms with Crippen LogP contribution in [-0.4, -0.2) is 52.0 Å². The van der Waals surface area contributed by atoms with Crippen LogP contribution in [0.3, 0.4) is 0 Å². The lowest BCUT2D eigenvalue weighted by molar-refractivity contribution is -0.142. The number of nitrogens with one attached hydrogen (secondary N) is 2. The molecule has 8 heteroatoms. The average molecular weight is 569 g/mol. The van der Waals surface area contributed by atoms with Crippen molar-refractivity contribution in [2.75, 3.05) is 6.54 Å². The van der Waals surface area contributed by atoms with E-state index in [0.29, 0.717) is 18.8 Å². The van der Waals surface area contributed by atoms with Crippen LogP contribution in [0.25, 0.3) is 0 Å². The number of rotatable bonds is 26. The fourth-order valence-corrected chi connectivity index (χ4v) is 5.75. The molecule has 1 fully saturated rings. The second-order valence-corrected chi connectivity index (χ2v) is 12.0. The van der Waals surface area contributed by atoms with Gasteiger partial charge < -0.3 is 20.6 Å². The molecule has 1 aliphatic rings. The number of carboxylic acids is 2. The fraction of sp³-hybridized carbons (Fsp3) is 0.906. The summed E-state index contributed by atoms with van der Waals surface area (Å²) >= 11 is 0. The molecule has 1 amide bonds. The second-order valence-electron chi connectivity index (χ2n) is 12.0. The molecule has 1 aliphatic carbocycles. The van der Waals surface area contributed by atoms with Gasteiger partial charge in [-0.3, -0.25) is 14.9 Å². The third-order valence-corrected chi connectivity index (χ3v) is 8.50. The molecular formula is C32H60N2O6. The Balaban J connectivity index is 1.86. The Morgan fingerprint density at radius 1 is 0.700 bits per heavy atom. The summed E-state index contributed by atoms with van der Waals surface area (Å²) in [6.45, 7) is 2.54. The lowest BCUT2D eigenvalue weighted by atomic mass is 9.81. The van der Waals surface area contributed by atoms with Gasteiger partial charge in [0.05, 0.1) is 0 Å². The van der Waals surface area contributed by atoms with E-state index >= 15 is 0 Å². The summed E-state index contributed by atoms with van der Waals surface area (Å²) in [4.78, 5) is 34.0. The molecule has 8 nitrogen and oxygen atoms in total. The van der Waals surface area contributed by atoms with Crippen molar-refractivity contribution in [3.05, 3.63) is 0 Å². The van der Waals surface area contributed by atoms with Gasteiger partial charge in [0, 0.05) is 18.9 Å². The molecule has 2 unspecified atom stereocenters. The van der Waals surface area contributed by atoms with Gasteiger partial charge in [0.15, 0.2) is 0 Å². The SMILES string of the molecule is CCC(NC(=O)C1CCC(CNC(O)CCCCCCCCCCCCCCCCCCC(=O)O)CC1)C(=O)O. The highest BCUT2D eigenvalue weighted by Gasteiger charge is 2.28. The standard InChI is InChI=1S/C32H60N2O6/c1-2-28(32(39)40)34-31(38)27-23-21-26(22-24-27)25-33-29(35)19-17-15-13-11-9-7-5-3-4-6-8-10-12-14-16-18-20-30(36)37/h26-29,33,35H,2-25H2,1H3,(H,34,38)(H,36,37)(H,39,40). The van der Waals surface area contributed by atoms with E-state index < -0.39 is 24.2 Å². The first-order chi connectivity index (χ1) is 19.3. The van der Waals surface area contributed by atoms with Gasteiger partial charge in [-0.2, -0.15) is 0 Å². The molecule has 0 bridgehead atoms. The van der Waals surface area contributed by atoms with Crippen LogP contribution < -0.4 is 10.6 Å². The van der Waals surface area contributed by atoms with Crippen molar-refractivity contribution < 1.29 is 29.7 Å². The van der Waals surface area contributed by atoms with Crippen molar-refractivity contribution in [2.24, 2.45) is 11.8 Å². The number of carbonyl (C=O) groups is 3. The van der Waals surface area contributed by atoms with Crippen molar-refractivity contribution in [1.29, 1.82) is 0 Å². The number of aliphatic hydroxyl groups is 1. The molecule has 0 aromatic carbocycles. The van der Waals surface area contributed by atoms with Crippen LogP contribution in [0.4, 0.5) is 0 Å². The Labute approximate surface area is 243 Å². The average Bonchev–Trinajstić information content (AvgIpc) is 2.93. The minimum Gasteiger partial charge on any atom is -0.481 e. The number of unbranched alkanes of at least 4 members (excludes halogenated alkanes) is 15. The minimum absolute atomic E-state index is 0.0975. The number of aliphatic carboxylic acids is 2. The van der Waals surface area contributed by atoms with Crippen molar-refractivity contribution in [3.63, 3.8) is 0 Å². The maximum absolute atomic E-state index is 12.4. The molecule has 0 aromatic heterocycles. The van der Waals surface area contributed by atoms with E-state index in [1.54, 1.807) is 6.92 Å². The van der Waals surface area contributed by atoms with Crippen LogP contribution in [0, 0.1) is 11.8 Å². The van der Waals surface area contributed by atoms with E-state index in [2.05, 4.69) is 10.6 Å². The maximum atomic E-state index is 12.4. The zero-order valence-electron chi connectivity index (χ0n) is 25.3. The van der Waals surface area contributed by atoms with E-state index in [4.69, 9.17) is 10.2 Å². The number of hydrogen-bond donors (Lipinski definition) is 5. The molecule has 0 heterocycles. The van der Waals surface area contributed by atoms with E-state index in [9.17, 15) is 19.5 Å². The Kier molecular flexibility index (Phi) is 21.8. The number of aliphatic hydroxyl groups excluding tert-OH is 1. The van der Waals surface area contributed by atoms with E-state index in [-0.39, 0.29) is 11.8 Å². The summed E-state index contributed by atoms with van der Waals surface area (Å²) in [5.41, 5.74) is 0. The monoisotopic (exact) mass is 568 g/mol. The third-order valence-electron chi connectivity index (χ3n) is 8.50. The molecule has 0 saturated heterocycles. The van der Waals surface area contributed by atoms with Crippen molar-refractivity contribution in [1.82, 2.24) is 10.6 Å². The summed E-state index contributed by atoms with van der Waals surface area (Å²) in [6, 6.07) is -0.797. The fourth-order valence-electron chi connectivity index (χ4n) is 5.75. The largest absolute Gasteiger partial charge is 0.481 e.